The number of benzene rings is 3. The molecule has 8 nitrogen and oxygen atoms in total. The summed E-state index contributed by atoms with van der Waals surface area (Å²) in [7, 11) is 0. The third-order valence-electron chi connectivity index (χ3n) is 5.84. The molecule has 0 fully saturated rings. The summed E-state index contributed by atoms with van der Waals surface area (Å²) in [6.45, 7) is 5.98. The highest BCUT2D eigenvalue weighted by Gasteiger charge is 2.39. The van der Waals surface area contributed by atoms with Crippen molar-refractivity contribution >= 4 is 52.4 Å². The van der Waals surface area contributed by atoms with Crippen molar-refractivity contribution in [3.05, 3.63) is 99.7 Å². The molecule has 2 N–H and O–H groups in total. The van der Waals surface area contributed by atoms with Crippen LogP contribution in [0.4, 0.5) is 17.1 Å². The van der Waals surface area contributed by atoms with Crippen molar-refractivity contribution in [2.75, 3.05) is 22.1 Å². The Morgan fingerprint density at radius 2 is 1.66 bits per heavy atom. The van der Waals surface area contributed by atoms with E-state index in [1.165, 1.54) is 18.2 Å². The molecule has 0 saturated heterocycles. The van der Waals surface area contributed by atoms with Gasteiger partial charge in [0.25, 0.3) is 17.7 Å². The van der Waals surface area contributed by atoms with Crippen molar-refractivity contribution in [2.24, 2.45) is 0 Å². The first-order chi connectivity index (χ1) is 18.2. The van der Waals surface area contributed by atoms with Gasteiger partial charge >= 0.3 is 5.97 Å². The highest BCUT2D eigenvalue weighted by atomic mass is 35.5. The van der Waals surface area contributed by atoms with Gasteiger partial charge in [-0.3, -0.25) is 14.4 Å². The van der Waals surface area contributed by atoms with Crippen LogP contribution in [0.5, 0.6) is 0 Å². The van der Waals surface area contributed by atoms with Crippen LogP contribution in [0.2, 0.25) is 0 Å². The summed E-state index contributed by atoms with van der Waals surface area (Å²) in [5, 5.41) is 5.47. The number of amides is 3. The molecule has 38 heavy (non-hydrogen) atoms. The molecule has 1 aliphatic heterocycles. The molecule has 0 bridgehead atoms. The highest BCUT2D eigenvalue weighted by Crippen LogP contribution is 2.31. The SMILES string of the molecule is CCCOC(=O)c1cccc(N2C(=O)C(Cl)=C(Nc3cccc(C(=O)Nc4cc(C)ccc4C)c3)C2=O)c1. The average molecular weight is 532 g/mol. The van der Waals surface area contributed by atoms with Crippen LogP contribution in [0, 0.1) is 13.8 Å². The number of imide groups is 1. The van der Waals surface area contributed by atoms with E-state index in [9.17, 15) is 19.2 Å². The van der Waals surface area contributed by atoms with E-state index in [4.69, 9.17) is 16.3 Å². The minimum Gasteiger partial charge on any atom is -0.462 e. The van der Waals surface area contributed by atoms with Gasteiger partial charge in [0.05, 0.1) is 17.9 Å². The van der Waals surface area contributed by atoms with Gasteiger partial charge in [0.15, 0.2) is 0 Å². The topological polar surface area (TPSA) is 105 Å². The highest BCUT2D eigenvalue weighted by molar-refractivity contribution is 6.53. The maximum atomic E-state index is 13.2. The van der Waals surface area contributed by atoms with Crippen LogP contribution < -0.4 is 15.5 Å². The summed E-state index contributed by atoms with van der Waals surface area (Å²) in [6.07, 6.45) is 0.664. The fourth-order valence-electron chi connectivity index (χ4n) is 3.84. The zero-order valence-electron chi connectivity index (χ0n) is 21.1. The van der Waals surface area contributed by atoms with Gasteiger partial charge in [0.1, 0.15) is 10.7 Å². The number of carbonyl (C=O) groups excluding carboxylic acids is 4. The van der Waals surface area contributed by atoms with Crippen molar-refractivity contribution in [2.45, 2.75) is 27.2 Å². The molecule has 0 unspecified atom stereocenters. The lowest BCUT2D eigenvalue weighted by Crippen LogP contribution is -2.32. The van der Waals surface area contributed by atoms with E-state index in [-0.39, 0.29) is 34.5 Å². The van der Waals surface area contributed by atoms with E-state index < -0.39 is 17.8 Å². The Hall–Kier alpha value is -4.43. The van der Waals surface area contributed by atoms with Crippen LogP contribution in [0.15, 0.2) is 77.5 Å². The lowest BCUT2D eigenvalue weighted by atomic mass is 10.1. The number of nitrogens with one attached hydrogen (secondary N) is 2. The number of esters is 1. The fourth-order valence-corrected chi connectivity index (χ4v) is 4.06. The molecule has 3 aromatic rings. The number of nitrogens with zero attached hydrogens (tertiary/aromatic N) is 1. The Labute approximate surface area is 225 Å². The molecule has 0 atom stereocenters. The lowest BCUT2D eigenvalue weighted by molar-refractivity contribution is -0.120. The molecule has 0 saturated carbocycles. The van der Waals surface area contributed by atoms with Gasteiger partial charge in [-0.25, -0.2) is 9.69 Å². The van der Waals surface area contributed by atoms with Crippen LogP contribution >= 0.6 is 11.6 Å². The second kappa shape index (κ2) is 11.3. The molecule has 1 aliphatic rings. The van der Waals surface area contributed by atoms with Gasteiger partial charge in [0, 0.05) is 16.9 Å². The minimum atomic E-state index is -0.734. The number of carbonyl (C=O) groups is 4. The van der Waals surface area contributed by atoms with Crippen molar-refractivity contribution < 1.29 is 23.9 Å². The minimum absolute atomic E-state index is 0.136. The molecule has 1 heterocycles. The molecule has 0 aromatic heterocycles. The summed E-state index contributed by atoms with van der Waals surface area (Å²) in [5.74, 6) is -2.31. The van der Waals surface area contributed by atoms with E-state index in [0.717, 1.165) is 16.0 Å². The molecule has 0 radical (unpaired) electrons. The van der Waals surface area contributed by atoms with E-state index in [0.29, 0.717) is 23.4 Å². The van der Waals surface area contributed by atoms with Crippen molar-refractivity contribution in [1.29, 1.82) is 0 Å². The smallest absolute Gasteiger partial charge is 0.338 e. The Morgan fingerprint density at radius 3 is 2.42 bits per heavy atom. The first-order valence-electron chi connectivity index (χ1n) is 12.0. The van der Waals surface area contributed by atoms with Crippen molar-refractivity contribution in [1.82, 2.24) is 0 Å². The Morgan fingerprint density at radius 1 is 0.921 bits per heavy atom. The first kappa shape index (κ1) is 26.6. The standard InChI is InChI=1S/C29H26ClN3O5/c1-4-13-38-29(37)20-8-6-10-22(16-20)33-27(35)24(30)25(28(33)36)31-21-9-5-7-19(15-21)26(34)32-23-14-17(2)11-12-18(23)3/h5-12,14-16,31H,4,13H2,1-3H3,(H,32,34). The lowest BCUT2D eigenvalue weighted by Gasteiger charge is -2.16. The zero-order chi connectivity index (χ0) is 27.4. The predicted octanol–water partition coefficient (Wildman–Crippen LogP) is 5.56. The van der Waals surface area contributed by atoms with Gasteiger partial charge in [-0.05, 0) is 73.9 Å². The molecule has 0 aliphatic carbocycles. The van der Waals surface area contributed by atoms with Crippen LogP contribution in [-0.2, 0) is 14.3 Å². The second-order valence-electron chi connectivity index (χ2n) is 8.80. The number of ether oxygens (including phenoxy) is 1. The van der Waals surface area contributed by atoms with Gasteiger partial charge in [-0.15, -0.1) is 0 Å². The summed E-state index contributed by atoms with van der Waals surface area (Å²) in [6, 6.07) is 18.3. The molecule has 0 spiro atoms. The predicted molar refractivity (Wildman–Crippen MR) is 146 cm³/mol. The maximum Gasteiger partial charge on any atom is 0.338 e. The van der Waals surface area contributed by atoms with E-state index in [2.05, 4.69) is 10.6 Å². The van der Waals surface area contributed by atoms with Gasteiger partial charge in [0.2, 0.25) is 0 Å². The molecular formula is C29H26ClN3O5. The molecule has 194 valence electrons. The third-order valence-corrected chi connectivity index (χ3v) is 6.19. The monoisotopic (exact) mass is 531 g/mol. The Kier molecular flexibility index (Phi) is 7.93. The zero-order valence-corrected chi connectivity index (χ0v) is 21.9. The summed E-state index contributed by atoms with van der Waals surface area (Å²) >= 11 is 6.26. The molecular weight excluding hydrogens is 506 g/mol. The van der Waals surface area contributed by atoms with Gasteiger partial charge < -0.3 is 15.4 Å². The van der Waals surface area contributed by atoms with Crippen molar-refractivity contribution in [3.8, 4) is 0 Å². The maximum absolute atomic E-state index is 13.2. The number of hydrogen-bond donors (Lipinski definition) is 2. The molecule has 9 heteroatoms. The molecule has 3 aromatic carbocycles. The van der Waals surface area contributed by atoms with Crippen molar-refractivity contribution in [3.63, 3.8) is 0 Å². The summed E-state index contributed by atoms with van der Waals surface area (Å²) < 4.78 is 5.14. The summed E-state index contributed by atoms with van der Waals surface area (Å²) in [5.41, 5.74) is 3.63. The van der Waals surface area contributed by atoms with Crippen LogP contribution in [0.25, 0.3) is 0 Å². The Bertz CT molecular complexity index is 1480. The van der Waals surface area contributed by atoms with E-state index in [1.807, 2.05) is 39.0 Å². The third kappa shape index (κ3) is 5.60. The van der Waals surface area contributed by atoms with E-state index in [1.54, 1.807) is 30.3 Å². The molecule has 4 rings (SSSR count). The van der Waals surface area contributed by atoms with Gasteiger partial charge in [-0.1, -0.05) is 42.8 Å². The first-order valence-corrected chi connectivity index (χ1v) is 12.4. The fraction of sp³-hybridized carbons (Fsp3) is 0.172. The number of hydrogen-bond acceptors (Lipinski definition) is 6. The number of aryl methyl sites for hydroxylation is 2. The van der Waals surface area contributed by atoms with E-state index >= 15 is 0 Å². The second-order valence-corrected chi connectivity index (χ2v) is 9.18. The number of halogens is 1. The van der Waals surface area contributed by atoms with Crippen LogP contribution in [-0.4, -0.2) is 30.3 Å². The number of rotatable bonds is 8. The Balaban J connectivity index is 1.53. The molecule has 3 amide bonds. The quantitative estimate of drug-likeness (QED) is 0.291. The van der Waals surface area contributed by atoms with Gasteiger partial charge in [-0.2, -0.15) is 0 Å². The largest absolute Gasteiger partial charge is 0.462 e. The number of anilines is 3. The average Bonchev–Trinajstić information content (AvgIpc) is 3.12. The van der Waals surface area contributed by atoms with Crippen LogP contribution in [0.3, 0.4) is 0 Å². The normalized spacial score (nSPS) is 13.1. The summed E-state index contributed by atoms with van der Waals surface area (Å²) in [4.78, 5) is 52.2. The van der Waals surface area contributed by atoms with Crippen LogP contribution in [0.1, 0.15) is 45.2 Å².